The number of hydrogen-bond donors (Lipinski definition) is 3. The van der Waals surface area contributed by atoms with Gasteiger partial charge in [0.15, 0.2) is 0 Å². The summed E-state index contributed by atoms with van der Waals surface area (Å²) in [7, 11) is 0. The Labute approximate surface area is 97.2 Å². The Morgan fingerprint density at radius 2 is 1.94 bits per heavy atom. The first-order valence-corrected chi connectivity index (χ1v) is 5.83. The Bertz CT molecular complexity index is 231. The summed E-state index contributed by atoms with van der Waals surface area (Å²) in [6, 6.07) is -0.400. The lowest BCUT2D eigenvalue weighted by atomic mass is 10.1. The number of nitrogens with two attached hydrogens (primary N) is 1. The third-order valence-corrected chi connectivity index (χ3v) is 2.40. The van der Waals surface area contributed by atoms with Crippen LogP contribution in [0.25, 0.3) is 0 Å². The number of nitrogens with one attached hydrogen (secondary N) is 2. The molecule has 0 radical (unpaired) electrons. The van der Waals surface area contributed by atoms with E-state index in [0.717, 1.165) is 12.8 Å². The van der Waals surface area contributed by atoms with Crippen molar-refractivity contribution in [1.29, 1.82) is 0 Å². The highest BCUT2D eigenvalue weighted by molar-refractivity contribution is 5.87. The minimum Gasteiger partial charge on any atom is -0.368 e. The quantitative estimate of drug-likeness (QED) is 0.553. The molecule has 0 aliphatic rings. The molecule has 2 amide bonds. The summed E-state index contributed by atoms with van der Waals surface area (Å²) in [4.78, 5) is 22.6. The highest BCUT2D eigenvalue weighted by Crippen LogP contribution is 1.97. The molecule has 2 atom stereocenters. The van der Waals surface area contributed by atoms with Crippen LogP contribution < -0.4 is 16.4 Å². The Morgan fingerprint density at radius 1 is 1.31 bits per heavy atom. The second-order valence-electron chi connectivity index (χ2n) is 3.98. The van der Waals surface area contributed by atoms with Crippen LogP contribution in [0, 0.1) is 0 Å². The molecule has 0 saturated carbocycles. The van der Waals surface area contributed by atoms with E-state index < -0.39 is 11.9 Å². The molecule has 4 N–H and O–H groups in total. The zero-order valence-electron chi connectivity index (χ0n) is 10.4. The third kappa shape index (κ3) is 6.40. The fourth-order valence-corrected chi connectivity index (χ4v) is 1.22. The van der Waals surface area contributed by atoms with E-state index in [4.69, 9.17) is 5.73 Å². The lowest BCUT2D eigenvalue weighted by Crippen LogP contribution is -2.48. The molecule has 94 valence electrons. The molecule has 0 fully saturated rings. The number of carbonyl (C=O) groups excluding carboxylic acids is 2. The molecule has 0 saturated heterocycles. The smallest absolute Gasteiger partial charge is 0.235 e. The SMILES string of the molecule is CCCNC(=O)CC(NC(C)CC)C(N)=O. The molecule has 16 heavy (non-hydrogen) atoms. The lowest BCUT2D eigenvalue weighted by Gasteiger charge is -2.19. The maximum atomic E-state index is 11.4. The molecular weight excluding hydrogens is 206 g/mol. The predicted octanol–water partition coefficient (Wildman–Crippen LogP) is 0.145. The molecule has 5 heteroatoms. The minimum atomic E-state index is -0.577. The van der Waals surface area contributed by atoms with Gasteiger partial charge in [-0.15, -0.1) is 0 Å². The molecule has 0 spiro atoms. The Morgan fingerprint density at radius 3 is 2.38 bits per heavy atom. The summed E-state index contributed by atoms with van der Waals surface area (Å²) in [5.74, 6) is -0.617. The van der Waals surface area contributed by atoms with Crippen molar-refractivity contribution >= 4 is 11.8 Å². The van der Waals surface area contributed by atoms with Gasteiger partial charge in [-0.1, -0.05) is 13.8 Å². The number of hydrogen-bond acceptors (Lipinski definition) is 3. The van der Waals surface area contributed by atoms with Crippen LogP contribution in [0.4, 0.5) is 0 Å². The van der Waals surface area contributed by atoms with Gasteiger partial charge in [-0.3, -0.25) is 9.59 Å². The highest BCUT2D eigenvalue weighted by Gasteiger charge is 2.20. The van der Waals surface area contributed by atoms with Gasteiger partial charge < -0.3 is 16.4 Å². The molecule has 0 heterocycles. The first-order valence-electron chi connectivity index (χ1n) is 5.83. The first-order chi connectivity index (χ1) is 7.51. The van der Waals surface area contributed by atoms with E-state index in [9.17, 15) is 9.59 Å². The molecule has 0 aromatic rings. The zero-order chi connectivity index (χ0) is 12.6. The fraction of sp³-hybridized carbons (Fsp3) is 0.818. The summed E-state index contributed by atoms with van der Waals surface area (Å²) in [5.41, 5.74) is 5.24. The van der Waals surface area contributed by atoms with Gasteiger partial charge in [-0.05, 0) is 19.8 Å². The normalized spacial score (nSPS) is 14.2. The van der Waals surface area contributed by atoms with Gasteiger partial charge in [0.1, 0.15) is 0 Å². The second-order valence-corrected chi connectivity index (χ2v) is 3.98. The van der Waals surface area contributed by atoms with Crippen molar-refractivity contribution in [3.05, 3.63) is 0 Å². The van der Waals surface area contributed by atoms with E-state index in [2.05, 4.69) is 10.6 Å². The topological polar surface area (TPSA) is 84.2 Å². The van der Waals surface area contributed by atoms with E-state index in [0.29, 0.717) is 6.54 Å². The van der Waals surface area contributed by atoms with Gasteiger partial charge in [0.05, 0.1) is 12.5 Å². The van der Waals surface area contributed by atoms with Crippen molar-refractivity contribution in [2.45, 2.75) is 52.1 Å². The number of amides is 2. The molecule has 0 aliphatic heterocycles. The van der Waals surface area contributed by atoms with Crippen molar-refractivity contribution in [1.82, 2.24) is 10.6 Å². The van der Waals surface area contributed by atoms with E-state index in [1.807, 2.05) is 20.8 Å². The van der Waals surface area contributed by atoms with Crippen molar-refractivity contribution in [2.24, 2.45) is 5.73 Å². The largest absolute Gasteiger partial charge is 0.368 e. The van der Waals surface area contributed by atoms with Crippen molar-refractivity contribution < 1.29 is 9.59 Å². The second kappa shape index (κ2) is 8.10. The maximum Gasteiger partial charge on any atom is 0.235 e. The molecule has 2 unspecified atom stereocenters. The van der Waals surface area contributed by atoms with Crippen LogP contribution in [0.3, 0.4) is 0 Å². The van der Waals surface area contributed by atoms with Crippen LogP contribution in [-0.4, -0.2) is 30.4 Å². The van der Waals surface area contributed by atoms with E-state index in [1.165, 1.54) is 0 Å². The third-order valence-electron chi connectivity index (χ3n) is 2.40. The van der Waals surface area contributed by atoms with Crippen molar-refractivity contribution in [3.63, 3.8) is 0 Å². The van der Waals surface area contributed by atoms with Crippen molar-refractivity contribution in [2.75, 3.05) is 6.54 Å². The van der Waals surface area contributed by atoms with Crippen LogP contribution in [-0.2, 0) is 9.59 Å². The van der Waals surface area contributed by atoms with Crippen LogP contribution in [0.5, 0.6) is 0 Å². The van der Waals surface area contributed by atoms with Gasteiger partial charge in [-0.2, -0.15) is 0 Å². The highest BCUT2D eigenvalue weighted by atomic mass is 16.2. The van der Waals surface area contributed by atoms with Crippen LogP contribution in [0.2, 0.25) is 0 Å². The molecule has 0 aliphatic carbocycles. The number of carbonyl (C=O) groups is 2. The number of rotatable bonds is 8. The fourth-order valence-electron chi connectivity index (χ4n) is 1.22. The summed E-state index contributed by atoms with van der Waals surface area (Å²) in [5, 5.41) is 5.76. The van der Waals surface area contributed by atoms with Gasteiger partial charge in [0.2, 0.25) is 11.8 Å². The zero-order valence-corrected chi connectivity index (χ0v) is 10.4. The maximum absolute atomic E-state index is 11.4. The Hall–Kier alpha value is -1.10. The van der Waals surface area contributed by atoms with Crippen LogP contribution in [0.15, 0.2) is 0 Å². The summed E-state index contributed by atoms with van der Waals surface area (Å²) in [6.07, 6.45) is 1.88. The monoisotopic (exact) mass is 229 g/mol. The van der Waals surface area contributed by atoms with Gasteiger partial charge in [-0.25, -0.2) is 0 Å². The van der Waals surface area contributed by atoms with E-state index in [1.54, 1.807) is 0 Å². The molecule has 0 aromatic carbocycles. The van der Waals surface area contributed by atoms with E-state index in [-0.39, 0.29) is 18.4 Å². The summed E-state index contributed by atoms with van der Waals surface area (Å²) in [6.45, 7) is 6.57. The molecule has 5 nitrogen and oxygen atoms in total. The average molecular weight is 229 g/mol. The number of primary amides is 1. The van der Waals surface area contributed by atoms with Gasteiger partial charge in [0, 0.05) is 12.6 Å². The standard InChI is InChI=1S/C11H23N3O2/c1-4-6-13-10(15)7-9(11(12)16)14-8(3)5-2/h8-9,14H,4-7H2,1-3H3,(H2,12,16)(H,13,15). The summed E-state index contributed by atoms with van der Waals surface area (Å²) < 4.78 is 0. The van der Waals surface area contributed by atoms with Crippen molar-refractivity contribution in [3.8, 4) is 0 Å². The van der Waals surface area contributed by atoms with E-state index >= 15 is 0 Å². The molecule has 0 rings (SSSR count). The van der Waals surface area contributed by atoms with Crippen LogP contribution in [0.1, 0.15) is 40.0 Å². The predicted molar refractivity (Wildman–Crippen MR) is 63.8 cm³/mol. The Kier molecular flexibility index (Phi) is 7.54. The van der Waals surface area contributed by atoms with Gasteiger partial charge in [0.25, 0.3) is 0 Å². The minimum absolute atomic E-state index is 0.111. The summed E-state index contributed by atoms with van der Waals surface area (Å²) >= 11 is 0. The van der Waals surface area contributed by atoms with Crippen LogP contribution >= 0.6 is 0 Å². The lowest BCUT2D eigenvalue weighted by molar-refractivity contribution is -0.126. The molecular formula is C11H23N3O2. The van der Waals surface area contributed by atoms with Gasteiger partial charge >= 0.3 is 0 Å². The molecule has 0 bridgehead atoms. The molecule has 0 aromatic heterocycles. The average Bonchev–Trinajstić information content (AvgIpc) is 2.24. The first kappa shape index (κ1) is 14.9. The Balaban J connectivity index is 4.12.